The van der Waals surface area contributed by atoms with Gasteiger partial charge in [-0.25, -0.2) is 17.2 Å². The average Bonchev–Trinajstić information content (AvgIpc) is 2.42. The smallest absolute Gasteiger partial charge is 0.262 e. The third-order valence-corrected chi connectivity index (χ3v) is 3.99. The fraction of sp³-hybridized carbons (Fsp3) is 0. The number of benzene rings is 2. The van der Waals surface area contributed by atoms with Crippen LogP contribution in [-0.2, 0) is 10.0 Å². The van der Waals surface area contributed by atoms with Gasteiger partial charge in [-0.1, -0.05) is 0 Å². The van der Waals surface area contributed by atoms with E-state index in [1.54, 1.807) is 6.07 Å². The molecule has 0 bridgehead atoms. The van der Waals surface area contributed by atoms with E-state index in [2.05, 4.69) is 4.72 Å². The fourth-order valence-corrected chi connectivity index (χ4v) is 2.70. The summed E-state index contributed by atoms with van der Waals surface area (Å²) in [6.07, 6.45) is 0. The van der Waals surface area contributed by atoms with Gasteiger partial charge in [0.05, 0.1) is 21.8 Å². The number of halogens is 2. The molecule has 21 heavy (non-hydrogen) atoms. The number of nitriles is 1. The number of hydrogen-bond donors (Lipinski definition) is 2. The van der Waals surface area contributed by atoms with Crippen LogP contribution in [0.5, 0.6) is 0 Å². The molecule has 0 atom stereocenters. The molecule has 0 radical (unpaired) electrons. The standard InChI is InChI=1S/C13H9F2N3O2S/c14-9-1-4-13(12(17)6-9)18-21(19,20)10-2-3-11(15)8(5-10)7-16/h1-6,18H,17H2. The average molecular weight is 309 g/mol. The van der Waals surface area contributed by atoms with Crippen molar-refractivity contribution in [3.8, 4) is 6.07 Å². The first-order valence-electron chi connectivity index (χ1n) is 5.61. The topological polar surface area (TPSA) is 96.0 Å². The van der Waals surface area contributed by atoms with Gasteiger partial charge in [-0.2, -0.15) is 5.26 Å². The summed E-state index contributed by atoms with van der Waals surface area (Å²) in [5.74, 6) is -1.43. The lowest BCUT2D eigenvalue weighted by Crippen LogP contribution is -2.14. The van der Waals surface area contributed by atoms with Crippen molar-refractivity contribution in [2.75, 3.05) is 10.5 Å². The summed E-state index contributed by atoms with van der Waals surface area (Å²) in [5.41, 5.74) is 5.00. The molecule has 0 aliphatic carbocycles. The monoisotopic (exact) mass is 309 g/mol. The lowest BCUT2D eigenvalue weighted by Gasteiger charge is -2.10. The molecule has 0 saturated carbocycles. The van der Waals surface area contributed by atoms with Gasteiger partial charge in [0.2, 0.25) is 0 Å². The molecule has 0 aliphatic heterocycles. The predicted molar refractivity (Wildman–Crippen MR) is 72.7 cm³/mol. The molecule has 0 fully saturated rings. The largest absolute Gasteiger partial charge is 0.397 e. The van der Waals surface area contributed by atoms with Crippen molar-refractivity contribution in [2.45, 2.75) is 4.90 Å². The van der Waals surface area contributed by atoms with Crippen molar-refractivity contribution >= 4 is 21.4 Å². The van der Waals surface area contributed by atoms with Crippen molar-refractivity contribution in [3.05, 3.63) is 53.6 Å². The predicted octanol–water partition coefficient (Wildman–Crippen LogP) is 2.22. The van der Waals surface area contributed by atoms with E-state index in [9.17, 15) is 17.2 Å². The molecule has 0 heterocycles. The maximum absolute atomic E-state index is 13.2. The normalized spacial score (nSPS) is 10.9. The Morgan fingerprint density at radius 3 is 2.48 bits per heavy atom. The number of nitrogens with one attached hydrogen (secondary N) is 1. The van der Waals surface area contributed by atoms with Gasteiger partial charge in [0.15, 0.2) is 0 Å². The summed E-state index contributed by atoms with van der Waals surface area (Å²) < 4.78 is 52.5. The minimum atomic E-state index is -4.07. The molecular formula is C13H9F2N3O2S. The van der Waals surface area contributed by atoms with Crippen LogP contribution in [0.2, 0.25) is 0 Å². The molecule has 2 rings (SSSR count). The highest BCUT2D eigenvalue weighted by molar-refractivity contribution is 7.92. The summed E-state index contributed by atoms with van der Waals surface area (Å²) in [6, 6.07) is 7.50. The summed E-state index contributed by atoms with van der Waals surface area (Å²) in [6.45, 7) is 0. The molecular weight excluding hydrogens is 300 g/mol. The van der Waals surface area contributed by atoms with Gasteiger partial charge < -0.3 is 5.73 Å². The van der Waals surface area contributed by atoms with E-state index in [1.165, 1.54) is 0 Å². The van der Waals surface area contributed by atoms with E-state index in [4.69, 9.17) is 11.0 Å². The van der Waals surface area contributed by atoms with Crippen LogP contribution in [0.3, 0.4) is 0 Å². The lowest BCUT2D eigenvalue weighted by molar-refractivity contribution is 0.599. The Morgan fingerprint density at radius 2 is 1.86 bits per heavy atom. The van der Waals surface area contributed by atoms with Crippen molar-refractivity contribution < 1.29 is 17.2 Å². The van der Waals surface area contributed by atoms with Crippen molar-refractivity contribution in [1.29, 1.82) is 5.26 Å². The lowest BCUT2D eigenvalue weighted by atomic mass is 10.2. The van der Waals surface area contributed by atoms with E-state index >= 15 is 0 Å². The number of anilines is 2. The summed E-state index contributed by atoms with van der Waals surface area (Å²) in [7, 11) is -4.07. The van der Waals surface area contributed by atoms with Gasteiger partial charge in [-0.15, -0.1) is 0 Å². The highest BCUT2D eigenvalue weighted by atomic mass is 32.2. The number of sulfonamides is 1. The molecule has 0 aliphatic rings. The minimum absolute atomic E-state index is 0.0146. The Balaban J connectivity index is 2.41. The highest BCUT2D eigenvalue weighted by Gasteiger charge is 2.17. The third-order valence-electron chi connectivity index (χ3n) is 2.63. The Kier molecular flexibility index (Phi) is 3.78. The first-order chi connectivity index (χ1) is 9.83. The molecule has 8 heteroatoms. The number of nitrogens with two attached hydrogens (primary N) is 1. The van der Waals surface area contributed by atoms with Crippen molar-refractivity contribution in [3.63, 3.8) is 0 Å². The molecule has 2 aromatic rings. The quantitative estimate of drug-likeness (QED) is 0.850. The maximum Gasteiger partial charge on any atom is 0.262 e. The Morgan fingerprint density at radius 1 is 1.14 bits per heavy atom. The number of rotatable bonds is 3. The van der Waals surface area contributed by atoms with Crippen LogP contribution in [0.1, 0.15) is 5.56 Å². The van der Waals surface area contributed by atoms with Crippen molar-refractivity contribution in [1.82, 2.24) is 0 Å². The zero-order valence-electron chi connectivity index (χ0n) is 10.5. The highest BCUT2D eigenvalue weighted by Crippen LogP contribution is 2.23. The summed E-state index contributed by atoms with van der Waals surface area (Å²) >= 11 is 0. The van der Waals surface area contributed by atoms with Gasteiger partial charge in [0, 0.05) is 0 Å². The molecule has 0 spiro atoms. The molecule has 0 amide bonds. The van der Waals surface area contributed by atoms with E-state index in [-0.39, 0.29) is 16.3 Å². The molecule has 0 unspecified atom stereocenters. The number of nitrogen functional groups attached to an aromatic ring is 1. The van der Waals surface area contributed by atoms with Crippen LogP contribution in [0.4, 0.5) is 20.2 Å². The summed E-state index contributed by atoms with van der Waals surface area (Å²) in [5, 5.41) is 8.71. The Hall–Kier alpha value is -2.66. The summed E-state index contributed by atoms with van der Waals surface area (Å²) in [4.78, 5) is -0.302. The van der Waals surface area contributed by atoms with Gasteiger partial charge in [0.1, 0.15) is 17.7 Å². The van der Waals surface area contributed by atoms with Crippen LogP contribution >= 0.6 is 0 Å². The second kappa shape index (κ2) is 5.38. The first kappa shape index (κ1) is 14.7. The van der Waals surface area contributed by atoms with Crippen LogP contribution in [0.25, 0.3) is 0 Å². The fourth-order valence-electron chi connectivity index (χ4n) is 1.59. The van der Waals surface area contributed by atoms with Gasteiger partial charge in [-0.05, 0) is 36.4 Å². The maximum atomic E-state index is 13.2. The zero-order chi connectivity index (χ0) is 15.6. The van der Waals surface area contributed by atoms with E-state index < -0.39 is 27.2 Å². The molecule has 0 aromatic heterocycles. The minimum Gasteiger partial charge on any atom is -0.397 e. The SMILES string of the molecule is N#Cc1cc(S(=O)(=O)Nc2ccc(F)cc2N)ccc1F. The third kappa shape index (κ3) is 3.09. The van der Waals surface area contributed by atoms with Crippen LogP contribution < -0.4 is 10.5 Å². The Bertz CT molecular complexity index is 845. The molecule has 3 N–H and O–H groups in total. The van der Waals surface area contributed by atoms with E-state index in [0.29, 0.717) is 0 Å². The van der Waals surface area contributed by atoms with E-state index in [0.717, 1.165) is 36.4 Å². The Labute approximate surface area is 119 Å². The number of nitrogens with zero attached hydrogens (tertiary/aromatic N) is 1. The second-order valence-electron chi connectivity index (χ2n) is 4.09. The van der Waals surface area contributed by atoms with Gasteiger partial charge in [-0.3, -0.25) is 4.72 Å². The van der Waals surface area contributed by atoms with Gasteiger partial charge >= 0.3 is 0 Å². The van der Waals surface area contributed by atoms with Crippen LogP contribution in [-0.4, -0.2) is 8.42 Å². The van der Waals surface area contributed by atoms with Crippen LogP contribution in [0, 0.1) is 23.0 Å². The van der Waals surface area contributed by atoms with Gasteiger partial charge in [0.25, 0.3) is 10.0 Å². The van der Waals surface area contributed by atoms with E-state index in [1.807, 2.05) is 0 Å². The van der Waals surface area contributed by atoms with Crippen LogP contribution in [0.15, 0.2) is 41.3 Å². The molecule has 108 valence electrons. The molecule has 0 saturated heterocycles. The number of hydrogen-bond acceptors (Lipinski definition) is 4. The molecule has 2 aromatic carbocycles. The zero-order valence-corrected chi connectivity index (χ0v) is 11.3. The first-order valence-corrected chi connectivity index (χ1v) is 7.09. The van der Waals surface area contributed by atoms with Crippen molar-refractivity contribution in [2.24, 2.45) is 0 Å². The second-order valence-corrected chi connectivity index (χ2v) is 5.77. The molecule has 5 nitrogen and oxygen atoms in total.